The van der Waals surface area contributed by atoms with Gasteiger partial charge in [0.05, 0.1) is 21.6 Å². The SMILES string of the molecule is C/C(=N/Nc1ccc([N+](=O)[O-])cc1[N+](=O)[O-])C1C(=O)CC(C)(C)CC1=O. The summed E-state index contributed by atoms with van der Waals surface area (Å²) in [5, 5.41) is 25.8. The van der Waals surface area contributed by atoms with E-state index in [4.69, 9.17) is 0 Å². The zero-order valence-corrected chi connectivity index (χ0v) is 14.5. The van der Waals surface area contributed by atoms with Crippen molar-refractivity contribution < 1.29 is 19.4 Å². The molecule has 10 heteroatoms. The zero-order valence-electron chi connectivity index (χ0n) is 14.5. The summed E-state index contributed by atoms with van der Waals surface area (Å²) in [4.78, 5) is 44.8. The molecule has 26 heavy (non-hydrogen) atoms. The van der Waals surface area contributed by atoms with Crippen molar-refractivity contribution in [1.29, 1.82) is 0 Å². The monoisotopic (exact) mass is 362 g/mol. The molecular formula is C16H18N4O6. The van der Waals surface area contributed by atoms with E-state index in [9.17, 15) is 29.8 Å². The van der Waals surface area contributed by atoms with Crippen LogP contribution in [0.25, 0.3) is 0 Å². The maximum atomic E-state index is 12.3. The second-order valence-corrected chi connectivity index (χ2v) is 6.96. The highest BCUT2D eigenvalue weighted by Crippen LogP contribution is 2.34. The topological polar surface area (TPSA) is 145 Å². The van der Waals surface area contributed by atoms with Crippen LogP contribution in [0.2, 0.25) is 0 Å². The molecule has 0 amide bonds. The fourth-order valence-corrected chi connectivity index (χ4v) is 2.95. The molecule has 1 aliphatic rings. The summed E-state index contributed by atoms with van der Waals surface area (Å²) >= 11 is 0. The Morgan fingerprint density at radius 3 is 2.23 bits per heavy atom. The highest BCUT2D eigenvalue weighted by molar-refractivity contribution is 6.22. The minimum Gasteiger partial charge on any atom is -0.298 e. The van der Waals surface area contributed by atoms with Crippen LogP contribution in [0.15, 0.2) is 23.3 Å². The second kappa shape index (κ2) is 6.98. The minimum atomic E-state index is -0.979. The van der Waals surface area contributed by atoms with Crippen LogP contribution in [0.5, 0.6) is 0 Å². The van der Waals surface area contributed by atoms with Crippen LogP contribution >= 0.6 is 0 Å². The third kappa shape index (κ3) is 4.08. The summed E-state index contributed by atoms with van der Waals surface area (Å²) in [6.07, 6.45) is 0.488. The molecule has 0 unspecified atom stereocenters. The van der Waals surface area contributed by atoms with E-state index in [0.29, 0.717) is 0 Å². The van der Waals surface area contributed by atoms with Gasteiger partial charge in [0.25, 0.3) is 5.69 Å². The lowest BCUT2D eigenvalue weighted by atomic mass is 9.70. The Labute approximate surface area is 148 Å². The fourth-order valence-electron chi connectivity index (χ4n) is 2.95. The summed E-state index contributed by atoms with van der Waals surface area (Å²) in [7, 11) is 0. The van der Waals surface area contributed by atoms with Crippen molar-refractivity contribution in [1.82, 2.24) is 0 Å². The molecule has 0 aromatic heterocycles. The Hall–Kier alpha value is -3.17. The Kier molecular flexibility index (Phi) is 5.15. The third-order valence-electron chi connectivity index (χ3n) is 4.11. The Morgan fingerprint density at radius 2 is 1.73 bits per heavy atom. The first-order valence-electron chi connectivity index (χ1n) is 7.80. The van der Waals surface area contributed by atoms with Gasteiger partial charge in [-0.15, -0.1) is 0 Å². The number of nitro groups is 2. The summed E-state index contributed by atoms with van der Waals surface area (Å²) in [5.41, 5.74) is 1.21. The highest BCUT2D eigenvalue weighted by atomic mass is 16.6. The Balaban J connectivity index is 2.26. The lowest BCUT2D eigenvalue weighted by molar-refractivity contribution is -0.393. The molecule has 0 radical (unpaired) electrons. The Bertz CT molecular complexity index is 810. The summed E-state index contributed by atoms with van der Waals surface area (Å²) < 4.78 is 0. The van der Waals surface area contributed by atoms with Gasteiger partial charge in [-0.2, -0.15) is 5.10 Å². The van der Waals surface area contributed by atoms with Gasteiger partial charge in [0.1, 0.15) is 23.2 Å². The first kappa shape index (κ1) is 19.2. The molecule has 0 bridgehead atoms. The van der Waals surface area contributed by atoms with Gasteiger partial charge in [-0.05, 0) is 18.4 Å². The predicted octanol–water partition coefficient (Wildman–Crippen LogP) is 2.87. The highest BCUT2D eigenvalue weighted by Gasteiger charge is 2.41. The van der Waals surface area contributed by atoms with E-state index in [1.54, 1.807) is 0 Å². The van der Waals surface area contributed by atoms with E-state index in [0.717, 1.165) is 18.2 Å². The van der Waals surface area contributed by atoms with Crippen LogP contribution in [0.1, 0.15) is 33.6 Å². The largest absolute Gasteiger partial charge is 0.301 e. The zero-order chi connectivity index (χ0) is 19.6. The van der Waals surface area contributed by atoms with Gasteiger partial charge in [0, 0.05) is 18.9 Å². The van der Waals surface area contributed by atoms with Crippen LogP contribution in [0.3, 0.4) is 0 Å². The maximum Gasteiger partial charge on any atom is 0.301 e. The predicted molar refractivity (Wildman–Crippen MR) is 93.0 cm³/mol. The molecule has 2 rings (SSSR count). The fraction of sp³-hybridized carbons (Fsp3) is 0.438. The number of Topliss-reactive ketones (excluding diaryl/α,β-unsaturated/α-hetero) is 2. The first-order valence-corrected chi connectivity index (χ1v) is 7.80. The van der Waals surface area contributed by atoms with Crippen molar-refractivity contribution in [2.75, 3.05) is 5.43 Å². The number of rotatable bonds is 5. The number of hydrogen-bond donors (Lipinski definition) is 1. The maximum absolute atomic E-state index is 12.3. The number of anilines is 1. The smallest absolute Gasteiger partial charge is 0.298 e. The van der Waals surface area contributed by atoms with Crippen LogP contribution in [-0.2, 0) is 9.59 Å². The van der Waals surface area contributed by atoms with E-state index in [-0.39, 0.29) is 35.8 Å². The summed E-state index contributed by atoms with van der Waals surface area (Å²) in [5.74, 6) is -1.47. The molecule has 0 aliphatic heterocycles. The van der Waals surface area contributed by atoms with Gasteiger partial charge in [-0.3, -0.25) is 35.2 Å². The molecule has 0 heterocycles. The molecule has 1 fully saturated rings. The second-order valence-electron chi connectivity index (χ2n) is 6.96. The number of hydrogen-bond acceptors (Lipinski definition) is 8. The molecule has 1 aromatic rings. The molecule has 1 saturated carbocycles. The summed E-state index contributed by atoms with van der Waals surface area (Å²) in [6.45, 7) is 5.16. The van der Waals surface area contributed by atoms with E-state index in [1.165, 1.54) is 6.92 Å². The van der Waals surface area contributed by atoms with E-state index in [1.807, 2.05) is 13.8 Å². The van der Waals surface area contributed by atoms with Gasteiger partial charge in [0.2, 0.25) is 0 Å². The van der Waals surface area contributed by atoms with Crippen LogP contribution in [-0.4, -0.2) is 27.1 Å². The van der Waals surface area contributed by atoms with Gasteiger partial charge in [-0.1, -0.05) is 13.8 Å². The van der Waals surface area contributed by atoms with Gasteiger partial charge < -0.3 is 0 Å². The molecule has 1 aliphatic carbocycles. The number of benzene rings is 1. The number of nitrogens with one attached hydrogen (secondary N) is 1. The van der Waals surface area contributed by atoms with Gasteiger partial charge >= 0.3 is 5.69 Å². The van der Waals surface area contributed by atoms with Crippen molar-refractivity contribution in [3.63, 3.8) is 0 Å². The van der Waals surface area contributed by atoms with Crippen molar-refractivity contribution in [2.24, 2.45) is 16.4 Å². The average Bonchev–Trinajstić information content (AvgIpc) is 2.50. The van der Waals surface area contributed by atoms with E-state index in [2.05, 4.69) is 10.5 Å². The number of nitro benzene ring substituents is 2. The van der Waals surface area contributed by atoms with Crippen molar-refractivity contribution >= 4 is 34.3 Å². The molecule has 138 valence electrons. The van der Waals surface area contributed by atoms with Gasteiger partial charge in [-0.25, -0.2) is 0 Å². The normalized spacial score (nSPS) is 17.9. The number of ketones is 2. The van der Waals surface area contributed by atoms with Crippen LogP contribution in [0.4, 0.5) is 17.1 Å². The minimum absolute atomic E-state index is 0.0732. The number of hydrazone groups is 1. The molecule has 10 nitrogen and oxygen atoms in total. The van der Waals surface area contributed by atoms with Gasteiger partial charge in [0.15, 0.2) is 0 Å². The number of non-ortho nitro benzene ring substituents is 1. The van der Waals surface area contributed by atoms with E-state index < -0.39 is 32.6 Å². The number of nitrogens with zero attached hydrogens (tertiary/aromatic N) is 3. The average molecular weight is 362 g/mol. The number of carbonyl (C=O) groups is 2. The van der Waals surface area contributed by atoms with Crippen LogP contribution in [0, 0.1) is 31.6 Å². The molecule has 1 aromatic carbocycles. The molecule has 1 N–H and O–H groups in total. The molecule has 0 atom stereocenters. The van der Waals surface area contributed by atoms with Crippen molar-refractivity contribution in [3.8, 4) is 0 Å². The lowest BCUT2D eigenvalue weighted by Crippen LogP contribution is -2.41. The van der Waals surface area contributed by atoms with E-state index >= 15 is 0 Å². The standard InChI is InChI=1S/C16H18N4O6/c1-9(15-13(21)7-16(2,3)8-14(15)22)17-18-11-5-4-10(19(23)24)6-12(11)20(25)26/h4-6,15,18H,7-8H2,1-3H3/b17-9-. The van der Waals surface area contributed by atoms with Crippen LogP contribution < -0.4 is 5.43 Å². The molecule has 0 spiro atoms. The molecule has 0 saturated heterocycles. The first-order chi connectivity index (χ1) is 12.0. The molecular weight excluding hydrogens is 344 g/mol. The third-order valence-corrected chi connectivity index (χ3v) is 4.11. The number of carbonyl (C=O) groups excluding carboxylic acids is 2. The lowest BCUT2D eigenvalue weighted by Gasteiger charge is -2.31. The Morgan fingerprint density at radius 1 is 1.15 bits per heavy atom. The quantitative estimate of drug-likeness (QED) is 0.367. The van der Waals surface area contributed by atoms with Crippen molar-refractivity contribution in [3.05, 3.63) is 38.4 Å². The van der Waals surface area contributed by atoms with Crippen molar-refractivity contribution in [2.45, 2.75) is 33.6 Å². The summed E-state index contributed by atoms with van der Waals surface area (Å²) in [6, 6.07) is 3.06.